The van der Waals surface area contributed by atoms with Crippen LogP contribution in [0.2, 0.25) is 0 Å². The Bertz CT molecular complexity index is 1000. The Balaban J connectivity index is 1.62. The van der Waals surface area contributed by atoms with Crippen molar-refractivity contribution < 1.29 is 9.53 Å². The summed E-state index contributed by atoms with van der Waals surface area (Å²) >= 11 is 1.41. The summed E-state index contributed by atoms with van der Waals surface area (Å²) in [5, 5.41) is 9.41. The van der Waals surface area contributed by atoms with Crippen molar-refractivity contribution >= 4 is 23.4 Å². The number of thioether (sulfide) groups is 1. The summed E-state index contributed by atoms with van der Waals surface area (Å²) in [7, 11) is 7.50. The van der Waals surface area contributed by atoms with Gasteiger partial charge in [-0.05, 0) is 48.9 Å². The minimum atomic E-state index is 0.0540. The van der Waals surface area contributed by atoms with Gasteiger partial charge in [-0.25, -0.2) is 0 Å². The van der Waals surface area contributed by atoms with E-state index in [4.69, 9.17) is 4.74 Å². The first-order valence-electron chi connectivity index (χ1n) is 10.1. The molecule has 3 rings (SSSR count). The molecule has 0 saturated carbocycles. The molecule has 31 heavy (non-hydrogen) atoms. The van der Waals surface area contributed by atoms with Gasteiger partial charge in [0.25, 0.3) is 0 Å². The van der Waals surface area contributed by atoms with Crippen LogP contribution in [0.4, 0.5) is 5.69 Å². The molecule has 0 fully saturated rings. The molecule has 1 heterocycles. The molecule has 2 aromatic carbocycles. The number of rotatable bonds is 9. The van der Waals surface area contributed by atoms with E-state index in [0.717, 1.165) is 40.1 Å². The fourth-order valence-corrected chi connectivity index (χ4v) is 4.08. The van der Waals surface area contributed by atoms with Crippen molar-refractivity contribution in [3.63, 3.8) is 0 Å². The van der Waals surface area contributed by atoms with Crippen molar-refractivity contribution in [2.24, 2.45) is 0 Å². The van der Waals surface area contributed by atoms with Crippen molar-refractivity contribution in [3.8, 4) is 17.1 Å². The third-order valence-electron chi connectivity index (χ3n) is 5.00. The van der Waals surface area contributed by atoms with Crippen LogP contribution in [0.3, 0.4) is 0 Å². The summed E-state index contributed by atoms with van der Waals surface area (Å²) in [6.07, 6.45) is 0. The second kappa shape index (κ2) is 10.3. The smallest absolute Gasteiger partial charge is 0.233 e. The quantitative estimate of drug-likeness (QED) is 0.473. The summed E-state index contributed by atoms with van der Waals surface area (Å²) in [5.41, 5.74) is 3.21. The molecule has 0 aliphatic rings. The standard InChI is InChI=1S/C23H29N5O2S/c1-6-28-22(18-9-13-20(30-5)14-10-18)24-25-23(28)31-16-21(29)27(4)15-17-7-11-19(12-8-17)26(2)3/h7-14H,6,15-16H2,1-5H3. The van der Waals surface area contributed by atoms with E-state index in [1.165, 1.54) is 11.8 Å². The summed E-state index contributed by atoms with van der Waals surface area (Å²) in [4.78, 5) is 16.5. The van der Waals surface area contributed by atoms with Gasteiger partial charge in [0, 0.05) is 45.5 Å². The van der Waals surface area contributed by atoms with Crippen molar-refractivity contribution in [2.45, 2.75) is 25.2 Å². The number of methoxy groups -OCH3 is 1. The molecule has 3 aromatic rings. The number of hydrogen-bond acceptors (Lipinski definition) is 6. The Labute approximate surface area is 188 Å². The van der Waals surface area contributed by atoms with Crippen molar-refractivity contribution in [3.05, 3.63) is 54.1 Å². The third kappa shape index (κ3) is 5.58. The highest BCUT2D eigenvalue weighted by molar-refractivity contribution is 7.99. The number of nitrogens with zero attached hydrogens (tertiary/aromatic N) is 5. The summed E-state index contributed by atoms with van der Waals surface area (Å²) in [6.45, 7) is 3.34. The lowest BCUT2D eigenvalue weighted by Gasteiger charge is -2.18. The third-order valence-corrected chi connectivity index (χ3v) is 5.96. The topological polar surface area (TPSA) is 63.5 Å². The van der Waals surface area contributed by atoms with Crippen molar-refractivity contribution in [1.82, 2.24) is 19.7 Å². The molecule has 0 bridgehead atoms. The number of amides is 1. The van der Waals surface area contributed by atoms with Crippen LogP contribution in [0.1, 0.15) is 12.5 Å². The normalized spacial score (nSPS) is 10.7. The number of carbonyl (C=O) groups is 1. The molecule has 0 saturated heterocycles. The fourth-order valence-electron chi connectivity index (χ4n) is 3.13. The first kappa shape index (κ1) is 22.7. The number of anilines is 1. The Hall–Kier alpha value is -3.00. The van der Waals surface area contributed by atoms with Crippen LogP contribution < -0.4 is 9.64 Å². The Morgan fingerprint density at radius 3 is 2.29 bits per heavy atom. The number of ether oxygens (including phenoxy) is 1. The fraction of sp³-hybridized carbons (Fsp3) is 0.348. The molecular weight excluding hydrogens is 410 g/mol. The van der Waals surface area contributed by atoms with Gasteiger partial charge in [0.05, 0.1) is 12.9 Å². The average molecular weight is 440 g/mol. The van der Waals surface area contributed by atoms with Gasteiger partial charge in [-0.15, -0.1) is 10.2 Å². The zero-order valence-corrected chi connectivity index (χ0v) is 19.5. The van der Waals surface area contributed by atoms with Gasteiger partial charge in [-0.1, -0.05) is 23.9 Å². The van der Waals surface area contributed by atoms with E-state index >= 15 is 0 Å². The second-order valence-electron chi connectivity index (χ2n) is 7.38. The molecule has 0 spiro atoms. The maximum absolute atomic E-state index is 12.7. The van der Waals surface area contributed by atoms with E-state index in [9.17, 15) is 4.79 Å². The maximum atomic E-state index is 12.7. The van der Waals surface area contributed by atoms with E-state index in [0.29, 0.717) is 12.3 Å². The van der Waals surface area contributed by atoms with E-state index < -0.39 is 0 Å². The van der Waals surface area contributed by atoms with Crippen LogP contribution >= 0.6 is 11.8 Å². The number of hydrogen-bond donors (Lipinski definition) is 0. The van der Waals surface area contributed by atoms with Crippen LogP contribution in [-0.2, 0) is 17.9 Å². The summed E-state index contributed by atoms with van der Waals surface area (Å²) in [5.74, 6) is 1.95. The number of aromatic nitrogens is 3. The molecule has 164 valence electrons. The zero-order valence-electron chi connectivity index (χ0n) is 18.7. The largest absolute Gasteiger partial charge is 0.497 e. The molecule has 0 radical (unpaired) electrons. The predicted octanol–water partition coefficient (Wildman–Crippen LogP) is 3.79. The first-order chi connectivity index (χ1) is 14.9. The highest BCUT2D eigenvalue weighted by atomic mass is 32.2. The average Bonchev–Trinajstić information content (AvgIpc) is 3.20. The van der Waals surface area contributed by atoms with Gasteiger partial charge in [-0.3, -0.25) is 4.79 Å². The predicted molar refractivity (Wildman–Crippen MR) is 126 cm³/mol. The Morgan fingerprint density at radius 1 is 1.03 bits per heavy atom. The molecule has 0 atom stereocenters. The van der Waals surface area contributed by atoms with E-state index in [2.05, 4.69) is 39.4 Å². The van der Waals surface area contributed by atoms with Crippen molar-refractivity contribution in [1.29, 1.82) is 0 Å². The molecular formula is C23H29N5O2S. The maximum Gasteiger partial charge on any atom is 0.233 e. The first-order valence-corrected chi connectivity index (χ1v) is 11.1. The van der Waals surface area contributed by atoms with Crippen LogP contribution in [-0.4, -0.2) is 59.6 Å². The van der Waals surface area contributed by atoms with Crippen molar-refractivity contribution in [2.75, 3.05) is 38.9 Å². The van der Waals surface area contributed by atoms with Crippen LogP contribution in [0, 0.1) is 0 Å². The lowest BCUT2D eigenvalue weighted by atomic mass is 10.2. The van der Waals surface area contributed by atoms with Crippen LogP contribution in [0.15, 0.2) is 53.7 Å². The SMILES string of the molecule is CCn1c(SCC(=O)N(C)Cc2ccc(N(C)C)cc2)nnc1-c1ccc(OC)cc1. The Morgan fingerprint density at radius 2 is 1.71 bits per heavy atom. The summed E-state index contributed by atoms with van der Waals surface area (Å²) < 4.78 is 7.25. The van der Waals surface area contributed by atoms with Crippen LogP contribution in [0.25, 0.3) is 11.4 Å². The van der Waals surface area contributed by atoms with E-state index in [1.807, 2.05) is 56.9 Å². The van der Waals surface area contributed by atoms with Gasteiger partial charge < -0.3 is 19.1 Å². The molecule has 1 aromatic heterocycles. The lowest BCUT2D eigenvalue weighted by molar-refractivity contribution is -0.127. The van der Waals surface area contributed by atoms with E-state index in [-0.39, 0.29) is 5.91 Å². The molecule has 0 unspecified atom stereocenters. The summed E-state index contributed by atoms with van der Waals surface area (Å²) in [6, 6.07) is 16.0. The molecule has 1 amide bonds. The molecule has 0 aliphatic heterocycles. The molecule has 0 aliphatic carbocycles. The minimum Gasteiger partial charge on any atom is -0.497 e. The highest BCUT2D eigenvalue weighted by Gasteiger charge is 2.16. The van der Waals surface area contributed by atoms with Gasteiger partial charge in [0.15, 0.2) is 11.0 Å². The van der Waals surface area contributed by atoms with Gasteiger partial charge >= 0.3 is 0 Å². The molecule has 0 N–H and O–H groups in total. The molecule has 7 nitrogen and oxygen atoms in total. The zero-order chi connectivity index (χ0) is 22.4. The highest BCUT2D eigenvalue weighted by Crippen LogP contribution is 2.26. The van der Waals surface area contributed by atoms with Gasteiger partial charge in [0.2, 0.25) is 5.91 Å². The van der Waals surface area contributed by atoms with Crippen LogP contribution in [0.5, 0.6) is 5.75 Å². The Kier molecular flexibility index (Phi) is 7.57. The molecule has 8 heteroatoms. The van der Waals surface area contributed by atoms with E-state index in [1.54, 1.807) is 12.0 Å². The van der Waals surface area contributed by atoms with Gasteiger partial charge in [-0.2, -0.15) is 0 Å². The second-order valence-corrected chi connectivity index (χ2v) is 8.32. The van der Waals surface area contributed by atoms with Gasteiger partial charge in [0.1, 0.15) is 5.75 Å². The number of benzene rings is 2. The lowest BCUT2D eigenvalue weighted by Crippen LogP contribution is -2.28. The number of carbonyl (C=O) groups excluding carboxylic acids is 1. The monoisotopic (exact) mass is 439 g/mol. The minimum absolute atomic E-state index is 0.0540.